The number of methoxy groups -OCH3 is 2. The Bertz CT molecular complexity index is 1680. The standard InChI is InChI=1S/C36H41N3O6S/c1-27(2)24-37-36(41)33(22-28-14-8-5-9-15-28)38(25-29-16-10-6-11-17-29)35(40)26-39(46(42,43)31-18-12-7-13-19-31)32-23-30(44-3)20-21-34(32)45-4/h5-21,23,27,33H,22,24-26H2,1-4H3,(H,37,41)/t33-/m0/s1. The third-order valence-electron chi connectivity index (χ3n) is 7.42. The molecule has 0 radical (unpaired) electrons. The van der Waals surface area contributed by atoms with E-state index in [0.29, 0.717) is 12.3 Å². The highest BCUT2D eigenvalue weighted by atomic mass is 32.2. The average Bonchev–Trinajstić information content (AvgIpc) is 3.08. The predicted octanol–water partition coefficient (Wildman–Crippen LogP) is 5.31. The highest BCUT2D eigenvalue weighted by Gasteiger charge is 2.35. The number of hydrogen-bond acceptors (Lipinski definition) is 6. The molecule has 4 aromatic rings. The molecule has 0 fully saturated rings. The van der Waals surface area contributed by atoms with Crippen LogP contribution >= 0.6 is 0 Å². The lowest BCUT2D eigenvalue weighted by Crippen LogP contribution is -2.53. The first-order chi connectivity index (χ1) is 22.1. The lowest BCUT2D eigenvalue weighted by atomic mass is 10.0. The summed E-state index contributed by atoms with van der Waals surface area (Å²) >= 11 is 0. The Kier molecular flexibility index (Phi) is 11.8. The number of rotatable bonds is 15. The molecule has 10 heteroatoms. The molecule has 0 saturated heterocycles. The van der Waals surface area contributed by atoms with Gasteiger partial charge >= 0.3 is 0 Å². The number of nitrogens with zero attached hydrogens (tertiary/aromatic N) is 2. The molecule has 0 spiro atoms. The van der Waals surface area contributed by atoms with Gasteiger partial charge in [-0.2, -0.15) is 0 Å². The largest absolute Gasteiger partial charge is 0.497 e. The summed E-state index contributed by atoms with van der Waals surface area (Å²) < 4.78 is 40.5. The molecule has 4 aromatic carbocycles. The highest BCUT2D eigenvalue weighted by molar-refractivity contribution is 7.92. The molecule has 9 nitrogen and oxygen atoms in total. The van der Waals surface area contributed by atoms with Crippen LogP contribution < -0.4 is 19.1 Å². The van der Waals surface area contributed by atoms with Crippen molar-refractivity contribution >= 4 is 27.5 Å². The Morgan fingerprint density at radius 3 is 1.93 bits per heavy atom. The summed E-state index contributed by atoms with van der Waals surface area (Å²) in [4.78, 5) is 29.9. The molecule has 0 aliphatic heterocycles. The van der Waals surface area contributed by atoms with E-state index < -0.39 is 28.5 Å². The highest BCUT2D eigenvalue weighted by Crippen LogP contribution is 2.36. The quantitative estimate of drug-likeness (QED) is 0.188. The number of carbonyl (C=O) groups is 2. The molecule has 0 heterocycles. The molecule has 0 aliphatic rings. The summed E-state index contributed by atoms with van der Waals surface area (Å²) in [6, 6.07) is 30.5. The van der Waals surface area contributed by atoms with Crippen LogP contribution in [0.2, 0.25) is 0 Å². The lowest BCUT2D eigenvalue weighted by molar-refractivity contribution is -0.140. The van der Waals surface area contributed by atoms with Crippen molar-refractivity contribution in [2.45, 2.75) is 37.8 Å². The van der Waals surface area contributed by atoms with Crippen molar-refractivity contribution < 1.29 is 27.5 Å². The number of nitrogens with one attached hydrogen (secondary N) is 1. The molecule has 0 aromatic heterocycles. The Balaban J connectivity index is 1.84. The van der Waals surface area contributed by atoms with Crippen molar-refractivity contribution in [1.29, 1.82) is 0 Å². The van der Waals surface area contributed by atoms with Crippen LogP contribution in [0.25, 0.3) is 0 Å². The van der Waals surface area contributed by atoms with Gasteiger partial charge < -0.3 is 19.7 Å². The van der Waals surface area contributed by atoms with E-state index in [2.05, 4.69) is 5.32 Å². The van der Waals surface area contributed by atoms with Gasteiger partial charge in [0.25, 0.3) is 10.0 Å². The first kappa shape index (κ1) is 34.1. The number of hydrogen-bond donors (Lipinski definition) is 1. The minimum atomic E-state index is -4.29. The zero-order chi connectivity index (χ0) is 33.1. The molecular weight excluding hydrogens is 602 g/mol. The second kappa shape index (κ2) is 15.9. The van der Waals surface area contributed by atoms with Gasteiger partial charge in [-0.05, 0) is 41.3 Å². The molecule has 46 heavy (non-hydrogen) atoms. The Hall–Kier alpha value is -4.83. The summed E-state index contributed by atoms with van der Waals surface area (Å²) in [5.41, 5.74) is 1.78. The Morgan fingerprint density at radius 1 is 0.783 bits per heavy atom. The first-order valence-corrected chi connectivity index (χ1v) is 16.5. The van der Waals surface area contributed by atoms with Gasteiger partial charge in [-0.15, -0.1) is 0 Å². The van der Waals surface area contributed by atoms with E-state index in [4.69, 9.17) is 9.47 Å². The zero-order valence-corrected chi connectivity index (χ0v) is 27.4. The van der Waals surface area contributed by atoms with E-state index in [-0.39, 0.29) is 41.1 Å². The van der Waals surface area contributed by atoms with Crippen LogP contribution in [-0.4, -0.2) is 58.5 Å². The SMILES string of the molecule is COc1ccc(OC)c(N(CC(=O)N(Cc2ccccc2)[C@@H](Cc2ccccc2)C(=O)NCC(C)C)S(=O)(=O)c2ccccc2)c1. The van der Waals surface area contributed by atoms with E-state index in [9.17, 15) is 18.0 Å². The maximum absolute atomic E-state index is 14.6. The smallest absolute Gasteiger partial charge is 0.264 e. The molecule has 242 valence electrons. The Morgan fingerprint density at radius 2 is 1.37 bits per heavy atom. The van der Waals surface area contributed by atoms with Gasteiger partial charge in [0, 0.05) is 25.6 Å². The minimum Gasteiger partial charge on any atom is -0.497 e. The fourth-order valence-electron chi connectivity index (χ4n) is 4.98. The van der Waals surface area contributed by atoms with Gasteiger partial charge in [-0.25, -0.2) is 8.42 Å². The molecule has 4 rings (SSSR count). The van der Waals surface area contributed by atoms with Crippen LogP contribution in [0.4, 0.5) is 5.69 Å². The third kappa shape index (κ3) is 8.66. The number of amides is 2. The lowest BCUT2D eigenvalue weighted by Gasteiger charge is -2.34. The van der Waals surface area contributed by atoms with Crippen LogP contribution in [0.5, 0.6) is 11.5 Å². The summed E-state index contributed by atoms with van der Waals surface area (Å²) in [7, 11) is -1.39. The van der Waals surface area contributed by atoms with Gasteiger partial charge in [-0.3, -0.25) is 13.9 Å². The summed E-state index contributed by atoms with van der Waals surface area (Å²) in [6.07, 6.45) is 0.233. The number of anilines is 1. The van der Waals surface area contributed by atoms with Crippen molar-refractivity contribution in [2.24, 2.45) is 5.92 Å². The molecule has 1 atom stereocenters. The molecule has 0 bridgehead atoms. The number of benzene rings is 4. The maximum Gasteiger partial charge on any atom is 0.264 e. The van der Waals surface area contributed by atoms with Gasteiger partial charge in [0.05, 0.1) is 24.8 Å². The van der Waals surface area contributed by atoms with Crippen molar-refractivity contribution in [3.63, 3.8) is 0 Å². The second-order valence-corrected chi connectivity index (χ2v) is 13.1. The third-order valence-corrected chi connectivity index (χ3v) is 9.19. The summed E-state index contributed by atoms with van der Waals surface area (Å²) in [5.74, 6) is -0.0790. The fourth-order valence-corrected chi connectivity index (χ4v) is 6.42. The fraction of sp³-hybridized carbons (Fsp3) is 0.278. The Labute approximate surface area is 271 Å². The topological polar surface area (TPSA) is 105 Å². The molecule has 0 saturated carbocycles. The first-order valence-electron chi connectivity index (χ1n) is 15.1. The van der Waals surface area contributed by atoms with E-state index in [1.54, 1.807) is 30.3 Å². The van der Waals surface area contributed by atoms with Crippen LogP contribution in [0.15, 0.2) is 114 Å². The number of carbonyl (C=O) groups excluding carboxylic acids is 2. The van der Waals surface area contributed by atoms with E-state index in [1.807, 2.05) is 74.5 Å². The minimum absolute atomic E-state index is 0.00204. The summed E-state index contributed by atoms with van der Waals surface area (Å²) in [5, 5.41) is 3.00. The molecule has 0 unspecified atom stereocenters. The molecule has 0 aliphatic carbocycles. The van der Waals surface area contributed by atoms with Crippen LogP contribution in [0.3, 0.4) is 0 Å². The van der Waals surface area contributed by atoms with Gasteiger partial charge in [0.15, 0.2) is 0 Å². The maximum atomic E-state index is 14.6. The van der Waals surface area contributed by atoms with E-state index in [1.165, 1.54) is 37.3 Å². The normalized spacial score (nSPS) is 11.8. The van der Waals surface area contributed by atoms with Crippen molar-refractivity contribution in [2.75, 3.05) is 31.6 Å². The van der Waals surface area contributed by atoms with Crippen LogP contribution in [-0.2, 0) is 32.6 Å². The molecule has 2 amide bonds. The number of ether oxygens (including phenoxy) is 2. The van der Waals surface area contributed by atoms with Crippen molar-refractivity contribution in [3.05, 3.63) is 120 Å². The van der Waals surface area contributed by atoms with Gasteiger partial charge in [0.2, 0.25) is 11.8 Å². The summed E-state index contributed by atoms with van der Waals surface area (Å²) in [6.45, 7) is 3.89. The van der Waals surface area contributed by atoms with Gasteiger partial charge in [-0.1, -0.05) is 92.7 Å². The zero-order valence-electron chi connectivity index (χ0n) is 26.6. The monoisotopic (exact) mass is 643 g/mol. The van der Waals surface area contributed by atoms with Crippen LogP contribution in [0, 0.1) is 5.92 Å². The predicted molar refractivity (Wildman–Crippen MR) is 179 cm³/mol. The van der Waals surface area contributed by atoms with E-state index in [0.717, 1.165) is 15.4 Å². The number of sulfonamides is 1. The van der Waals surface area contributed by atoms with Crippen molar-refractivity contribution in [1.82, 2.24) is 10.2 Å². The molecular formula is C36H41N3O6S. The van der Waals surface area contributed by atoms with Crippen LogP contribution in [0.1, 0.15) is 25.0 Å². The van der Waals surface area contributed by atoms with Gasteiger partial charge in [0.1, 0.15) is 24.1 Å². The van der Waals surface area contributed by atoms with Crippen molar-refractivity contribution in [3.8, 4) is 11.5 Å². The molecule has 1 N–H and O–H groups in total. The second-order valence-electron chi connectivity index (χ2n) is 11.2. The average molecular weight is 644 g/mol. The van der Waals surface area contributed by atoms with E-state index >= 15 is 0 Å².